The SMILES string of the molecule is CC(C)(C)OC(=O)NCCN1CCCC1COS(C)(=O)=O. The molecule has 1 unspecified atom stereocenters. The molecule has 0 aromatic carbocycles. The smallest absolute Gasteiger partial charge is 0.407 e. The third kappa shape index (κ3) is 8.23. The van der Waals surface area contributed by atoms with Crippen LogP contribution in [0.5, 0.6) is 0 Å². The number of hydrogen-bond donors (Lipinski definition) is 1. The number of nitrogens with one attached hydrogen (secondary N) is 1. The third-order valence-corrected chi connectivity index (χ3v) is 3.61. The molecule has 1 saturated heterocycles. The minimum Gasteiger partial charge on any atom is -0.444 e. The molecular weight excluding hydrogens is 296 g/mol. The topological polar surface area (TPSA) is 84.9 Å². The van der Waals surface area contributed by atoms with Crippen LogP contribution in [0.4, 0.5) is 4.79 Å². The Hall–Kier alpha value is -0.860. The fourth-order valence-corrected chi connectivity index (χ4v) is 2.60. The van der Waals surface area contributed by atoms with Crippen LogP contribution in [0.25, 0.3) is 0 Å². The molecular formula is C13H26N2O5S. The lowest BCUT2D eigenvalue weighted by Gasteiger charge is -2.24. The number of alkyl carbamates (subject to hydrolysis) is 1. The molecule has 1 amide bonds. The van der Waals surface area contributed by atoms with Crippen molar-refractivity contribution in [1.29, 1.82) is 0 Å². The van der Waals surface area contributed by atoms with Crippen LogP contribution in [0.1, 0.15) is 33.6 Å². The maximum absolute atomic E-state index is 11.5. The molecule has 8 heteroatoms. The normalized spacial score (nSPS) is 20.5. The van der Waals surface area contributed by atoms with Gasteiger partial charge in [-0.15, -0.1) is 0 Å². The molecule has 1 heterocycles. The molecule has 0 spiro atoms. The summed E-state index contributed by atoms with van der Waals surface area (Å²) in [6.45, 7) is 7.60. The van der Waals surface area contributed by atoms with Gasteiger partial charge >= 0.3 is 6.09 Å². The van der Waals surface area contributed by atoms with Gasteiger partial charge in [-0.3, -0.25) is 9.08 Å². The third-order valence-electron chi connectivity index (χ3n) is 3.04. The zero-order valence-electron chi connectivity index (χ0n) is 13.2. The van der Waals surface area contributed by atoms with E-state index in [9.17, 15) is 13.2 Å². The molecule has 1 aliphatic rings. The average molecular weight is 322 g/mol. The van der Waals surface area contributed by atoms with Gasteiger partial charge in [0, 0.05) is 19.1 Å². The highest BCUT2D eigenvalue weighted by molar-refractivity contribution is 7.85. The highest BCUT2D eigenvalue weighted by atomic mass is 32.2. The van der Waals surface area contributed by atoms with Crippen LogP contribution in [-0.4, -0.2) is 63.6 Å². The number of ether oxygens (including phenoxy) is 1. The van der Waals surface area contributed by atoms with Gasteiger partial charge in [-0.1, -0.05) is 0 Å². The molecule has 1 atom stereocenters. The summed E-state index contributed by atoms with van der Waals surface area (Å²) in [6, 6.07) is 0.0835. The minimum absolute atomic E-state index is 0.0835. The zero-order chi connectivity index (χ0) is 16.1. The molecule has 0 saturated carbocycles. The molecule has 0 aromatic rings. The van der Waals surface area contributed by atoms with E-state index in [4.69, 9.17) is 8.92 Å². The molecule has 0 aromatic heterocycles. The quantitative estimate of drug-likeness (QED) is 0.733. The van der Waals surface area contributed by atoms with Gasteiger partial charge in [-0.05, 0) is 40.2 Å². The number of hydrogen-bond acceptors (Lipinski definition) is 6. The van der Waals surface area contributed by atoms with E-state index in [1.54, 1.807) is 0 Å². The van der Waals surface area contributed by atoms with Gasteiger partial charge in [0.2, 0.25) is 0 Å². The van der Waals surface area contributed by atoms with E-state index in [0.717, 1.165) is 25.6 Å². The molecule has 1 fully saturated rings. The van der Waals surface area contributed by atoms with E-state index < -0.39 is 21.8 Å². The Morgan fingerprint density at radius 1 is 1.38 bits per heavy atom. The molecule has 7 nitrogen and oxygen atoms in total. The Labute approximate surface area is 127 Å². The van der Waals surface area contributed by atoms with E-state index in [-0.39, 0.29) is 12.6 Å². The van der Waals surface area contributed by atoms with E-state index in [0.29, 0.717) is 13.1 Å². The monoisotopic (exact) mass is 322 g/mol. The van der Waals surface area contributed by atoms with Crippen LogP contribution >= 0.6 is 0 Å². The van der Waals surface area contributed by atoms with Crippen LogP contribution in [-0.2, 0) is 19.0 Å². The van der Waals surface area contributed by atoms with Crippen LogP contribution in [0.2, 0.25) is 0 Å². The van der Waals surface area contributed by atoms with E-state index in [2.05, 4.69) is 10.2 Å². The number of amides is 1. The number of carbonyl (C=O) groups excluding carboxylic acids is 1. The summed E-state index contributed by atoms with van der Waals surface area (Å²) in [7, 11) is -3.41. The first-order valence-electron chi connectivity index (χ1n) is 7.12. The maximum atomic E-state index is 11.5. The summed E-state index contributed by atoms with van der Waals surface area (Å²) in [5.41, 5.74) is -0.510. The van der Waals surface area contributed by atoms with Gasteiger partial charge in [0.25, 0.3) is 10.1 Å². The summed E-state index contributed by atoms with van der Waals surface area (Å²) in [5, 5.41) is 2.70. The average Bonchev–Trinajstić information content (AvgIpc) is 2.70. The largest absolute Gasteiger partial charge is 0.444 e. The summed E-state index contributed by atoms with van der Waals surface area (Å²) in [5.74, 6) is 0. The van der Waals surface area contributed by atoms with Crippen molar-refractivity contribution >= 4 is 16.2 Å². The number of rotatable bonds is 6. The van der Waals surface area contributed by atoms with Crippen LogP contribution in [0.3, 0.4) is 0 Å². The van der Waals surface area contributed by atoms with E-state index in [1.807, 2.05) is 20.8 Å². The number of nitrogens with zero attached hydrogens (tertiary/aromatic N) is 1. The van der Waals surface area contributed by atoms with Crippen LogP contribution in [0, 0.1) is 0 Å². The summed E-state index contributed by atoms with van der Waals surface area (Å²) < 4.78 is 32.0. The molecule has 1 N–H and O–H groups in total. The van der Waals surface area contributed by atoms with Gasteiger partial charge < -0.3 is 10.1 Å². The number of carbonyl (C=O) groups is 1. The van der Waals surface area contributed by atoms with Crippen molar-refractivity contribution < 1.29 is 22.1 Å². The second-order valence-corrected chi connectivity index (χ2v) is 7.89. The Bertz CT molecular complexity index is 444. The first kappa shape index (κ1) is 18.2. The Balaban J connectivity index is 2.29. The molecule has 21 heavy (non-hydrogen) atoms. The van der Waals surface area contributed by atoms with Crippen molar-refractivity contribution in [3.63, 3.8) is 0 Å². The summed E-state index contributed by atoms with van der Waals surface area (Å²) in [6.07, 6.45) is 2.52. The van der Waals surface area contributed by atoms with Gasteiger partial charge in [0.15, 0.2) is 0 Å². The van der Waals surface area contributed by atoms with E-state index in [1.165, 1.54) is 0 Å². The first-order valence-corrected chi connectivity index (χ1v) is 8.94. The fourth-order valence-electron chi connectivity index (χ4n) is 2.20. The zero-order valence-corrected chi connectivity index (χ0v) is 14.0. The number of likely N-dealkylation sites (tertiary alicyclic amines) is 1. The summed E-state index contributed by atoms with van der Waals surface area (Å²) >= 11 is 0. The highest BCUT2D eigenvalue weighted by Gasteiger charge is 2.25. The van der Waals surface area contributed by atoms with Crippen LogP contribution in [0.15, 0.2) is 0 Å². The minimum atomic E-state index is -3.41. The first-order chi connectivity index (χ1) is 9.57. The van der Waals surface area contributed by atoms with Gasteiger partial charge in [0.1, 0.15) is 5.60 Å². The lowest BCUT2D eigenvalue weighted by Crippen LogP contribution is -2.41. The predicted molar refractivity (Wildman–Crippen MR) is 79.6 cm³/mol. The lowest BCUT2D eigenvalue weighted by atomic mass is 10.2. The predicted octanol–water partition coefficient (Wildman–Crippen LogP) is 0.952. The van der Waals surface area contributed by atoms with Crippen molar-refractivity contribution in [3.8, 4) is 0 Å². The van der Waals surface area contributed by atoms with Crippen molar-refractivity contribution in [1.82, 2.24) is 10.2 Å². The van der Waals surface area contributed by atoms with Gasteiger partial charge in [0.05, 0.1) is 12.9 Å². The Morgan fingerprint density at radius 2 is 2.05 bits per heavy atom. The van der Waals surface area contributed by atoms with E-state index >= 15 is 0 Å². The van der Waals surface area contributed by atoms with Crippen molar-refractivity contribution in [2.24, 2.45) is 0 Å². The molecule has 0 bridgehead atoms. The Kier molecular flexibility index (Phi) is 6.42. The Morgan fingerprint density at radius 3 is 2.62 bits per heavy atom. The standard InChI is InChI=1S/C13H26N2O5S/c1-13(2,3)20-12(16)14-7-9-15-8-5-6-11(15)10-19-21(4,17)18/h11H,5-10H2,1-4H3,(H,14,16). The van der Waals surface area contributed by atoms with Crippen molar-refractivity contribution in [2.45, 2.75) is 45.3 Å². The maximum Gasteiger partial charge on any atom is 0.407 e. The van der Waals surface area contributed by atoms with Crippen LogP contribution < -0.4 is 5.32 Å². The molecule has 124 valence electrons. The molecule has 0 aliphatic carbocycles. The molecule has 1 aliphatic heterocycles. The van der Waals surface area contributed by atoms with Gasteiger partial charge in [-0.2, -0.15) is 8.42 Å². The van der Waals surface area contributed by atoms with Crippen molar-refractivity contribution in [2.75, 3.05) is 32.5 Å². The second-order valence-electron chi connectivity index (χ2n) is 6.25. The van der Waals surface area contributed by atoms with Crippen molar-refractivity contribution in [3.05, 3.63) is 0 Å². The molecule has 0 radical (unpaired) electrons. The second kappa shape index (κ2) is 7.42. The summed E-state index contributed by atoms with van der Waals surface area (Å²) in [4.78, 5) is 13.6. The lowest BCUT2D eigenvalue weighted by molar-refractivity contribution is 0.0519. The van der Waals surface area contributed by atoms with Gasteiger partial charge in [-0.25, -0.2) is 4.79 Å². The fraction of sp³-hybridized carbons (Fsp3) is 0.923. The highest BCUT2D eigenvalue weighted by Crippen LogP contribution is 2.17. The molecule has 1 rings (SSSR count).